The minimum Gasteiger partial charge on any atom is -0.306 e. The van der Waals surface area contributed by atoms with Crippen molar-refractivity contribution in [2.45, 2.75) is 12.5 Å². The number of nitrogens with one attached hydrogen (secondary N) is 1. The SMILES string of the molecule is c1ccc2c(c1)-c1ccccc1C2NCC1CCSC1. The predicted octanol–water partition coefficient (Wildman–Crippen LogP) is 4.10. The van der Waals surface area contributed by atoms with Crippen LogP contribution in [-0.4, -0.2) is 18.1 Å². The van der Waals surface area contributed by atoms with Gasteiger partial charge in [0.15, 0.2) is 0 Å². The third-order valence-electron chi connectivity index (χ3n) is 4.47. The summed E-state index contributed by atoms with van der Waals surface area (Å²) in [6.07, 6.45) is 1.37. The molecule has 2 aromatic rings. The standard InChI is InChI=1S/C18H19NS/c1-3-7-16-14(5-1)15-6-2-4-8-17(15)18(16)19-11-13-9-10-20-12-13/h1-8,13,18-19H,9-12H2. The Balaban J connectivity index is 1.64. The van der Waals surface area contributed by atoms with Crippen molar-refractivity contribution in [3.63, 3.8) is 0 Å². The summed E-state index contributed by atoms with van der Waals surface area (Å²) in [7, 11) is 0. The molecule has 0 amide bonds. The first-order valence-electron chi connectivity index (χ1n) is 7.43. The first-order chi connectivity index (χ1) is 9.93. The molecule has 1 nitrogen and oxygen atoms in total. The van der Waals surface area contributed by atoms with E-state index >= 15 is 0 Å². The topological polar surface area (TPSA) is 12.0 Å². The third-order valence-corrected chi connectivity index (χ3v) is 5.70. The molecular formula is C18H19NS. The highest BCUT2D eigenvalue weighted by atomic mass is 32.2. The maximum Gasteiger partial charge on any atom is 0.0589 e. The fraction of sp³-hybridized carbons (Fsp3) is 0.333. The minimum atomic E-state index is 0.382. The Hall–Kier alpha value is -1.25. The first-order valence-corrected chi connectivity index (χ1v) is 8.58. The number of hydrogen-bond acceptors (Lipinski definition) is 2. The van der Waals surface area contributed by atoms with Crippen molar-refractivity contribution in [3.8, 4) is 11.1 Å². The van der Waals surface area contributed by atoms with Gasteiger partial charge in [-0.3, -0.25) is 0 Å². The van der Waals surface area contributed by atoms with Gasteiger partial charge in [-0.25, -0.2) is 0 Å². The largest absolute Gasteiger partial charge is 0.306 e. The quantitative estimate of drug-likeness (QED) is 0.909. The summed E-state index contributed by atoms with van der Waals surface area (Å²) >= 11 is 2.10. The van der Waals surface area contributed by atoms with E-state index in [0.717, 1.165) is 12.5 Å². The third kappa shape index (κ3) is 2.07. The molecule has 1 aliphatic heterocycles. The second kappa shape index (κ2) is 5.27. The molecule has 1 atom stereocenters. The first kappa shape index (κ1) is 12.5. The van der Waals surface area contributed by atoms with Crippen LogP contribution in [0.2, 0.25) is 0 Å². The van der Waals surface area contributed by atoms with Crippen LogP contribution in [0.1, 0.15) is 23.6 Å². The molecule has 4 rings (SSSR count). The molecule has 102 valence electrons. The van der Waals surface area contributed by atoms with Crippen molar-refractivity contribution in [3.05, 3.63) is 59.7 Å². The van der Waals surface area contributed by atoms with E-state index in [4.69, 9.17) is 0 Å². The van der Waals surface area contributed by atoms with Crippen LogP contribution in [0.5, 0.6) is 0 Å². The molecular weight excluding hydrogens is 262 g/mol. The van der Waals surface area contributed by atoms with Gasteiger partial charge in [0.05, 0.1) is 6.04 Å². The summed E-state index contributed by atoms with van der Waals surface area (Å²) in [5.74, 6) is 3.51. The monoisotopic (exact) mass is 281 g/mol. The molecule has 20 heavy (non-hydrogen) atoms. The van der Waals surface area contributed by atoms with Gasteiger partial charge in [0.25, 0.3) is 0 Å². The smallest absolute Gasteiger partial charge is 0.0589 e. The maximum atomic E-state index is 3.82. The van der Waals surface area contributed by atoms with Gasteiger partial charge in [0.1, 0.15) is 0 Å². The Morgan fingerprint density at radius 1 is 0.950 bits per heavy atom. The van der Waals surface area contributed by atoms with Crippen molar-refractivity contribution in [2.24, 2.45) is 5.92 Å². The van der Waals surface area contributed by atoms with Gasteiger partial charge in [-0.2, -0.15) is 11.8 Å². The van der Waals surface area contributed by atoms with Gasteiger partial charge in [-0.05, 0) is 52.6 Å². The van der Waals surface area contributed by atoms with Crippen molar-refractivity contribution in [1.29, 1.82) is 0 Å². The second-order valence-electron chi connectivity index (χ2n) is 5.75. The molecule has 1 N–H and O–H groups in total. The van der Waals surface area contributed by atoms with Crippen LogP contribution < -0.4 is 5.32 Å². The lowest BCUT2D eigenvalue weighted by molar-refractivity contribution is 0.495. The zero-order valence-corrected chi connectivity index (χ0v) is 12.3. The molecule has 0 radical (unpaired) electrons. The van der Waals surface area contributed by atoms with Crippen LogP contribution in [0.25, 0.3) is 11.1 Å². The van der Waals surface area contributed by atoms with Gasteiger partial charge in [-0.15, -0.1) is 0 Å². The molecule has 0 spiro atoms. The Kier molecular flexibility index (Phi) is 3.29. The molecule has 1 heterocycles. The summed E-state index contributed by atoms with van der Waals surface area (Å²) in [5.41, 5.74) is 5.70. The summed E-state index contributed by atoms with van der Waals surface area (Å²) in [6, 6.07) is 18.0. The fourth-order valence-corrected chi connectivity index (χ4v) is 4.69. The summed E-state index contributed by atoms with van der Waals surface area (Å²) in [6.45, 7) is 1.14. The van der Waals surface area contributed by atoms with Crippen LogP contribution in [-0.2, 0) is 0 Å². The highest BCUT2D eigenvalue weighted by Crippen LogP contribution is 2.43. The molecule has 0 saturated carbocycles. The Morgan fingerprint density at radius 3 is 2.20 bits per heavy atom. The van der Waals surface area contributed by atoms with Crippen molar-refractivity contribution < 1.29 is 0 Å². The average molecular weight is 281 g/mol. The normalized spacial score (nSPS) is 20.9. The zero-order valence-electron chi connectivity index (χ0n) is 11.5. The number of rotatable bonds is 3. The van der Waals surface area contributed by atoms with E-state index < -0.39 is 0 Å². The van der Waals surface area contributed by atoms with Gasteiger partial charge in [0.2, 0.25) is 0 Å². The van der Waals surface area contributed by atoms with Gasteiger partial charge in [-0.1, -0.05) is 48.5 Å². The summed E-state index contributed by atoms with van der Waals surface area (Å²) < 4.78 is 0. The average Bonchev–Trinajstić information content (AvgIpc) is 3.11. The fourth-order valence-electron chi connectivity index (χ4n) is 3.40. The molecule has 2 aromatic carbocycles. The van der Waals surface area contributed by atoms with Gasteiger partial charge >= 0.3 is 0 Å². The Bertz CT molecular complexity index is 571. The van der Waals surface area contributed by atoms with E-state index in [9.17, 15) is 0 Å². The molecule has 2 aliphatic rings. The molecule has 2 heteroatoms. The number of benzene rings is 2. The van der Waals surface area contributed by atoms with Crippen LogP contribution in [0.15, 0.2) is 48.5 Å². The number of thioether (sulfide) groups is 1. The Morgan fingerprint density at radius 2 is 1.60 bits per heavy atom. The minimum absolute atomic E-state index is 0.382. The summed E-state index contributed by atoms with van der Waals surface area (Å²) in [4.78, 5) is 0. The molecule has 1 aliphatic carbocycles. The Labute approximate surface area is 124 Å². The van der Waals surface area contributed by atoms with Crippen molar-refractivity contribution in [2.75, 3.05) is 18.1 Å². The van der Waals surface area contributed by atoms with Crippen LogP contribution in [0, 0.1) is 5.92 Å². The number of hydrogen-bond donors (Lipinski definition) is 1. The van der Waals surface area contributed by atoms with Crippen molar-refractivity contribution >= 4 is 11.8 Å². The zero-order chi connectivity index (χ0) is 13.4. The van der Waals surface area contributed by atoms with E-state index in [2.05, 4.69) is 65.6 Å². The van der Waals surface area contributed by atoms with Crippen LogP contribution >= 0.6 is 11.8 Å². The van der Waals surface area contributed by atoms with E-state index in [1.54, 1.807) is 0 Å². The predicted molar refractivity (Wildman–Crippen MR) is 87.2 cm³/mol. The van der Waals surface area contributed by atoms with E-state index in [1.165, 1.54) is 40.2 Å². The molecule has 1 saturated heterocycles. The number of fused-ring (bicyclic) bond motifs is 3. The van der Waals surface area contributed by atoms with Gasteiger partial charge < -0.3 is 5.32 Å². The van der Waals surface area contributed by atoms with E-state index in [0.29, 0.717) is 6.04 Å². The van der Waals surface area contributed by atoms with Crippen LogP contribution in [0.4, 0.5) is 0 Å². The van der Waals surface area contributed by atoms with Crippen LogP contribution in [0.3, 0.4) is 0 Å². The molecule has 0 bridgehead atoms. The molecule has 1 fully saturated rings. The van der Waals surface area contributed by atoms with Crippen molar-refractivity contribution in [1.82, 2.24) is 5.32 Å². The lowest BCUT2D eigenvalue weighted by Gasteiger charge is -2.18. The maximum absolute atomic E-state index is 3.82. The van der Waals surface area contributed by atoms with E-state index in [1.807, 2.05) is 0 Å². The highest BCUT2D eigenvalue weighted by Gasteiger charge is 2.28. The molecule has 1 unspecified atom stereocenters. The summed E-state index contributed by atoms with van der Waals surface area (Å²) in [5, 5.41) is 3.82. The molecule has 0 aromatic heterocycles. The lowest BCUT2D eigenvalue weighted by Crippen LogP contribution is -2.27. The van der Waals surface area contributed by atoms with Gasteiger partial charge in [0, 0.05) is 0 Å². The van der Waals surface area contributed by atoms with E-state index in [-0.39, 0.29) is 0 Å². The highest BCUT2D eigenvalue weighted by molar-refractivity contribution is 7.99. The lowest BCUT2D eigenvalue weighted by atomic mass is 10.0. The second-order valence-corrected chi connectivity index (χ2v) is 6.90.